The maximum atomic E-state index is 12.1. The Hall–Kier alpha value is -2.85. The first-order valence-corrected chi connectivity index (χ1v) is 8.59. The highest BCUT2D eigenvalue weighted by atomic mass is 32.1. The zero-order valence-electron chi connectivity index (χ0n) is 14.5. The molecular formula is C18H21N5OS. The van der Waals surface area contributed by atoms with Crippen molar-refractivity contribution in [3.63, 3.8) is 0 Å². The molecular weight excluding hydrogens is 334 g/mol. The van der Waals surface area contributed by atoms with Gasteiger partial charge in [0.05, 0.1) is 23.8 Å². The molecule has 0 saturated carbocycles. The lowest BCUT2D eigenvalue weighted by molar-refractivity contribution is -0.115. The van der Waals surface area contributed by atoms with E-state index < -0.39 is 0 Å². The summed E-state index contributed by atoms with van der Waals surface area (Å²) in [6, 6.07) is 7.17. The van der Waals surface area contributed by atoms with Gasteiger partial charge in [0.15, 0.2) is 5.96 Å². The molecule has 0 radical (unpaired) electrons. The van der Waals surface area contributed by atoms with Gasteiger partial charge in [0, 0.05) is 30.7 Å². The number of hydrogen-bond donors (Lipinski definition) is 2. The monoisotopic (exact) mass is 355 g/mol. The zero-order valence-corrected chi connectivity index (χ0v) is 15.4. The number of carbonyl (C=O) groups is 1. The number of rotatable bonds is 5. The van der Waals surface area contributed by atoms with E-state index >= 15 is 0 Å². The van der Waals surface area contributed by atoms with Crippen molar-refractivity contribution in [3.8, 4) is 12.3 Å². The van der Waals surface area contributed by atoms with Gasteiger partial charge in [-0.05, 0) is 25.1 Å². The topological polar surface area (TPSA) is 69.6 Å². The van der Waals surface area contributed by atoms with Gasteiger partial charge in [-0.1, -0.05) is 12.0 Å². The number of aromatic nitrogens is 1. The molecule has 1 aromatic carbocycles. The minimum absolute atomic E-state index is 0.105. The number of nitrogens with one attached hydrogen (secondary N) is 2. The summed E-state index contributed by atoms with van der Waals surface area (Å²) in [5.74, 6) is 2.99. The van der Waals surface area contributed by atoms with E-state index in [0.717, 1.165) is 16.3 Å². The summed E-state index contributed by atoms with van der Waals surface area (Å²) in [5.41, 5.74) is 2.37. The van der Waals surface area contributed by atoms with Gasteiger partial charge in [-0.25, -0.2) is 4.98 Å². The molecule has 0 aliphatic carbocycles. The van der Waals surface area contributed by atoms with Gasteiger partial charge in [0.25, 0.3) is 0 Å². The third-order valence-corrected chi connectivity index (χ3v) is 4.18. The molecule has 0 saturated heterocycles. The summed E-state index contributed by atoms with van der Waals surface area (Å²) in [6.07, 6.45) is 5.36. The van der Waals surface area contributed by atoms with Crippen molar-refractivity contribution in [2.24, 2.45) is 4.99 Å². The fourth-order valence-corrected chi connectivity index (χ4v) is 2.84. The van der Waals surface area contributed by atoms with Gasteiger partial charge < -0.3 is 15.5 Å². The van der Waals surface area contributed by atoms with Crippen molar-refractivity contribution in [1.29, 1.82) is 0 Å². The molecule has 7 heteroatoms. The van der Waals surface area contributed by atoms with Crippen LogP contribution in [0.5, 0.6) is 0 Å². The lowest BCUT2D eigenvalue weighted by atomic mass is 10.2. The van der Waals surface area contributed by atoms with Crippen molar-refractivity contribution in [2.75, 3.05) is 26.0 Å². The Morgan fingerprint density at radius 2 is 2.28 bits per heavy atom. The largest absolute Gasteiger partial charge is 0.347 e. The number of guanidine groups is 1. The van der Waals surface area contributed by atoms with Gasteiger partial charge in [0.2, 0.25) is 5.91 Å². The van der Waals surface area contributed by atoms with E-state index in [0.29, 0.717) is 18.2 Å². The lowest BCUT2D eigenvalue weighted by Gasteiger charge is -2.21. The molecule has 1 aromatic heterocycles. The molecule has 0 aliphatic heterocycles. The van der Waals surface area contributed by atoms with E-state index in [9.17, 15) is 4.79 Å². The number of benzene rings is 1. The van der Waals surface area contributed by atoms with Crippen LogP contribution in [0.4, 0.5) is 5.69 Å². The van der Waals surface area contributed by atoms with E-state index in [4.69, 9.17) is 6.42 Å². The molecule has 0 atom stereocenters. The first kappa shape index (κ1) is 18.5. The second-order valence-corrected chi connectivity index (χ2v) is 6.45. The SMILES string of the molecule is C#Cc1cccc(NC(=O)CNC(=NC)N(C)Cc2csc(C)n2)c1. The highest BCUT2D eigenvalue weighted by molar-refractivity contribution is 7.09. The number of amides is 1. The van der Waals surface area contributed by atoms with Crippen LogP contribution in [0.3, 0.4) is 0 Å². The number of hydrogen-bond acceptors (Lipinski definition) is 4. The maximum absolute atomic E-state index is 12.1. The molecule has 25 heavy (non-hydrogen) atoms. The molecule has 1 amide bonds. The zero-order chi connectivity index (χ0) is 18.2. The van der Waals surface area contributed by atoms with E-state index in [-0.39, 0.29) is 12.5 Å². The Bertz CT molecular complexity index is 806. The van der Waals surface area contributed by atoms with Gasteiger partial charge in [-0.15, -0.1) is 17.8 Å². The Morgan fingerprint density at radius 3 is 2.92 bits per heavy atom. The Labute approximate surface area is 152 Å². The summed E-state index contributed by atoms with van der Waals surface area (Å²) < 4.78 is 0. The van der Waals surface area contributed by atoms with Crippen LogP contribution in [0.15, 0.2) is 34.6 Å². The van der Waals surface area contributed by atoms with Gasteiger partial charge in [-0.2, -0.15) is 0 Å². The normalized spacial score (nSPS) is 10.9. The van der Waals surface area contributed by atoms with Gasteiger partial charge in [-0.3, -0.25) is 9.79 Å². The lowest BCUT2D eigenvalue weighted by Crippen LogP contribution is -2.42. The average Bonchev–Trinajstić information content (AvgIpc) is 3.00. The molecule has 0 aliphatic rings. The molecule has 2 aromatic rings. The number of aliphatic imine (C=N–C) groups is 1. The van der Waals surface area contributed by atoms with E-state index in [2.05, 4.69) is 26.5 Å². The van der Waals surface area contributed by atoms with Crippen LogP contribution >= 0.6 is 11.3 Å². The third kappa shape index (κ3) is 5.62. The van der Waals surface area contributed by atoms with Crippen LogP contribution in [0, 0.1) is 19.3 Å². The highest BCUT2D eigenvalue weighted by Gasteiger charge is 2.10. The fraction of sp³-hybridized carbons (Fsp3) is 0.278. The van der Waals surface area contributed by atoms with Crippen LogP contribution in [0.25, 0.3) is 0 Å². The number of carbonyl (C=O) groups excluding carboxylic acids is 1. The summed E-state index contributed by atoms with van der Waals surface area (Å²) in [7, 11) is 3.58. The van der Waals surface area contributed by atoms with Gasteiger partial charge in [0.1, 0.15) is 0 Å². The second kappa shape index (κ2) is 8.85. The maximum Gasteiger partial charge on any atom is 0.243 e. The predicted molar refractivity (Wildman–Crippen MR) is 103 cm³/mol. The molecule has 0 unspecified atom stereocenters. The second-order valence-electron chi connectivity index (χ2n) is 5.39. The van der Waals surface area contributed by atoms with Crippen LogP contribution in [-0.4, -0.2) is 42.4 Å². The minimum Gasteiger partial charge on any atom is -0.347 e. The number of terminal acetylenes is 1. The molecule has 6 nitrogen and oxygen atoms in total. The van der Waals surface area contributed by atoms with Gasteiger partial charge >= 0.3 is 0 Å². The number of anilines is 1. The molecule has 0 bridgehead atoms. The Morgan fingerprint density at radius 1 is 1.48 bits per heavy atom. The summed E-state index contributed by atoms with van der Waals surface area (Å²) >= 11 is 1.61. The average molecular weight is 355 g/mol. The van der Waals surface area contributed by atoms with Crippen LogP contribution in [0.1, 0.15) is 16.3 Å². The van der Waals surface area contributed by atoms with E-state index in [1.807, 2.05) is 30.3 Å². The molecule has 2 N–H and O–H groups in total. The Balaban J connectivity index is 1.87. The van der Waals surface area contributed by atoms with Crippen LogP contribution in [-0.2, 0) is 11.3 Å². The third-order valence-electron chi connectivity index (χ3n) is 3.36. The smallest absolute Gasteiger partial charge is 0.243 e. The number of aryl methyl sites for hydroxylation is 1. The first-order valence-electron chi connectivity index (χ1n) is 7.71. The fourth-order valence-electron chi connectivity index (χ4n) is 2.23. The Kier molecular flexibility index (Phi) is 6.54. The molecule has 0 fully saturated rings. The minimum atomic E-state index is -0.173. The molecule has 2 rings (SSSR count). The van der Waals surface area contributed by atoms with Crippen molar-refractivity contribution < 1.29 is 4.79 Å². The van der Waals surface area contributed by atoms with Crippen molar-refractivity contribution in [2.45, 2.75) is 13.5 Å². The molecule has 1 heterocycles. The van der Waals surface area contributed by atoms with E-state index in [1.54, 1.807) is 36.6 Å². The number of nitrogens with zero attached hydrogens (tertiary/aromatic N) is 3. The summed E-state index contributed by atoms with van der Waals surface area (Å²) in [5, 5.41) is 8.90. The van der Waals surface area contributed by atoms with Crippen molar-refractivity contribution >= 4 is 28.9 Å². The highest BCUT2D eigenvalue weighted by Crippen LogP contribution is 2.10. The summed E-state index contributed by atoms with van der Waals surface area (Å²) in [4.78, 5) is 22.7. The number of thiazole rings is 1. The molecule has 130 valence electrons. The van der Waals surface area contributed by atoms with Crippen molar-refractivity contribution in [1.82, 2.24) is 15.2 Å². The molecule has 0 spiro atoms. The van der Waals surface area contributed by atoms with Crippen molar-refractivity contribution in [3.05, 3.63) is 45.9 Å². The standard InChI is InChI=1S/C18H21N5OS/c1-5-14-7-6-8-15(9-14)22-17(24)10-20-18(19-3)23(4)11-16-12-25-13(2)21-16/h1,6-9,12H,10-11H2,2-4H3,(H,19,20)(H,22,24). The van der Waals surface area contributed by atoms with Crippen LogP contribution < -0.4 is 10.6 Å². The first-order chi connectivity index (χ1) is 12.0. The predicted octanol–water partition coefficient (Wildman–Crippen LogP) is 2.08. The quantitative estimate of drug-likeness (QED) is 0.489. The summed E-state index contributed by atoms with van der Waals surface area (Å²) in [6.45, 7) is 2.70. The van der Waals surface area contributed by atoms with Crippen LogP contribution in [0.2, 0.25) is 0 Å². The van der Waals surface area contributed by atoms with E-state index in [1.165, 1.54) is 0 Å².